The Bertz CT molecular complexity index is 1060. The molecule has 0 aliphatic carbocycles. The normalized spacial score (nSPS) is 21.3. The van der Waals surface area contributed by atoms with Gasteiger partial charge >= 0.3 is 0 Å². The predicted molar refractivity (Wildman–Crippen MR) is 121 cm³/mol. The first-order valence-electron chi connectivity index (χ1n) is 10.8. The van der Waals surface area contributed by atoms with E-state index in [2.05, 4.69) is 34.3 Å². The molecule has 4 heterocycles. The van der Waals surface area contributed by atoms with E-state index in [-0.39, 0.29) is 17.6 Å². The molecule has 31 heavy (non-hydrogen) atoms. The topological polar surface area (TPSA) is 60.8 Å². The number of nitrogens with one attached hydrogen (secondary N) is 1. The first-order chi connectivity index (χ1) is 15.0. The summed E-state index contributed by atoms with van der Waals surface area (Å²) in [4.78, 5) is 25.7. The van der Waals surface area contributed by atoms with Crippen LogP contribution in [-0.4, -0.2) is 54.2 Å². The Balaban J connectivity index is 1.30. The number of aliphatic imine (C=N–C) groups is 1. The van der Waals surface area contributed by atoms with Crippen molar-refractivity contribution < 1.29 is 9.18 Å². The van der Waals surface area contributed by atoms with Gasteiger partial charge in [0.1, 0.15) is 0 Å². The predicted octanol–water partition coefficient (Wildman–Crippen LogP) is 3.66. The van der Waals surface area contributed by atoms with Gasteiger partial charge in [0.15, 0.2) is 11.6 Å². The van der Waals surface area contributed by atoms with Crippen LogP contribution in [0.4, 0.5) is 15.9 Å². The van der Waals surface area contributed by atoms with Crippen LogP contribution in [-0.2, 0) is 11.3 Å². The fourth-order valence-electron chi connectivity index (χ4n) is 4.88. The average Bonchev–Trinajstić information content (AvgIpc) is 2.74. The highest BCUT2D eigenvalue weighted by Gasteiger charge is 2.35. The number of anilines is 2. The van der Waals surface area contributed by atoms with Crippen molar-refractivity contribution in [2.45, 2.75) is 26.3 Å². The number of hydrogen-bond acceptors (Lipinski definition) is 5. The molecule has 2 aromatic rings. The van der Waals surface area contributed by atoms with E-state index in [1.807, 2.05) is 4.90 Å². The summed E-state index contributed by atoms with van der Waals surface area (Å²) in [7, 11) is 0. The molecule has 0 radical (unpaired) electrons. The number of hydrogen-bond donors (Lipinski definition) is 1. The number of amides is 1. The lowest BCUT2D eigenvalue weighted by molar-refractivity contribution is -0.118. The molecule has 1 fully saturated rings. The van der Waals surface area contributed by atoms with E-state index in [1.54, 1.807) is 0 Å². The number of piperazine rings is 1. The maximum Gasteiger partial charge on any atom is 0.233 e. The summed E-state index contributed by atoms with van der Waals surface area (Å²) >= 11 is 5.82. The van der Waals surface area contributed by atoms with Crippen LogP contribution in [0.1, 0.15) is 29.5 Å². The molecule has 0 spiro atoms. The van der Waals surface area contributed by atoms with Crippen molar-refractivity contribution in [3.8, 4) is 0 Å². The lowest BCUT2D eigenvalue weighted by Crippen LogP contribution is -2.46. The Labute approximate surface area is 186 Å². The first kappa shape index (κ1) is 20.4. The Morgan fingerprint density at radius 3 is 2.81 bits per heavy atom. The number of aromatic nitrogens is 1. The molecule has 8 heteroatoms. The average molecular weight is 442 g/mol. The van der Waals surface area contributed by atoms with Crippen LogP contribution < -0.4 is 10.2 Å². The standard InChI is InChI=1S/C23H25ClFN5O/c1-14-9-15(10-19-20(14)21-17(23(31)28-19)3-2-4-26-21)13-29-5-7-30(8-6-29)22-18(25)11-16(24)12-27-22/h9-12,17H,2-8,13H2,1H3,(H,28,31). The number of rotatable bonds is 3. The van der Waals surface area contributed by atoms with Gasteiger partial charge in [0.2, 0.25) is 5.91 Å². The van der Waals surface area contributed by atoms with Gasteiger partial charge in [0.05, 0.1) is 22.3 Å². The molecule has 3 aliphatic rings. The monoisotopic (exact) mass is 441 g/mol. The van der Waals surface area contributed by atoms with Crippen molar-refractivity contribution in [2.75, 3.05) is 42.9 Å². The minimum atomic E-state index is -0.383. The van der Waals surface area contributed by atoms with E-state index in [0.717, 1.165) is 67.1 Å². The molecule has 1 amide bonds. The molecule has 3 aliphatic heterocycles. The fourth-order valence-corrected chi connectivity index (χ4v) is 5.02. The molecule has 1 aromatic carbocycles. The summed E-state index contributed by atoms with van der Waals surface area (Å²) in [6.07, 6.45) is 3.33. The molecule has 1 aromatic heterocycles. The van der Waals surface area contributed by atoms with Crippen molar-refractivity contribution in [1.29, 1.82) is 0 Å². The summed E-state index contributed by atoms with van der Waals surface area (Å²) in [5, 5.41) is 3.42. The van der Waals surface area contributed by atoms with Crippen molar-refractivity contribution in [1.82, 2.24) is 9.88 Å². The zero-order chi connectivity index (χ0) is 21.5. The second-order valence-electron chi connectivity index (χ2n) is 8.51. The second-order valence-corrected chi connectivity index (χ2v) is 8.94. The van der Waals surface area contributed by atoms with E-state index >= 15 is 0 Å². The van der Waals surface area contributed by atoms with Crippen LogP contribution in [0.3, 0.4) is 0 Å². The van der Waals surface area contributed by atoms with E-state index in [1.165, 1.54) is 12.3 Å². The maximum absolute atomic E-state index is 14.2. The Morgan fingerprint density at radius 2 is 2.03 bits per heavy atom. The SMILES string of the molecule is Cc1cc(CN2CCN(c3ncc(Cl)cc3F)CC2)cc2c1C1=NCCCC1C(=O)N2. The number of nitrogens with zero attached hydrogens (tertiary/aromatic N) is 4. The smallest absolute Gasteiger partial charge is 0.233 e. The number of fused-ring (bicyclic) bond motifs is 3. The number of benzene rings is 1. The highest BCUT2D eigenvalue weighted by Crippen LogP contribution is 2.34. The van der Waals surface area contributed by atoms with Gasteiger partial charge < -0.3 is 10.2 Å². The number of pyridine rings is 1. The third kappa shape index (κ3) is 3.92. The minimum absolute atomic E-state index is 0.0635. The van der Waals surface area contributed by atoms with Gasteiger partial charge in [0.25, 0.3) is 0 Å². The molecule has 162 valence electrons. The first-order valence-corrected chi connectivity index (χ1v) is 11.1. The van der Waals surface area contributed by atoms with Crippen LogP contribution in [0.25, 0.3) is 0 Å². The second kappa shape index (κ2) is 8.20. The minimum Gasteiger partial charge on any atom is -0.352 e. The molecule has 1 atom stereocenters. The molecule has 1 saturated heterocycles. The highest BCUT2D eigenvalue weighted by atomic mass is 35.5. The zero-order valence-corrected chi connectivity index (χ0v) is 18.3. The van der Waals surface area contributed by atoms with Crippen LogP contribution in [0.2, 0.25) is 5.02 Å². The van der Waals surface area contributed by atoms with Gasteiger partial charge in [-0.1, -0.05) is 17.7 Å². The number of carbonyl (C=O) groups is 1. The summed E-state index contributed by atoms with van der Waals surface area (Å²) < 4.78 is 14.2. The summed E-state index contributed by atoms with van der Waals surface area (Å²) in [6.45, 7) is 6.69. The molecular weight excluding hydrogens is 417 g/mol. The molecular formula is C23H25ClFN5O. The summed E-state index contributed by atoms with van der Waals surface area (Å²) in [5.74, 6) is -0.0699. The molecule has 0 saturated carbocycles. The van der Waals surface area contributed by atoms with Gasteiger partial charge in [-0.15, -0.1) is 0 Å². The van der Waals surface area contributed by atoms with E-state index in [9.17, 15) is 9.18 Å². The molecule has 1 N–H and O–H groups in total. The third-order valence-electron chi connectivity index (χ3n) is 6.36. The molecule has 0 bridgehead atoms. The van der Waals surface area contributed by atoms with E-state index in [4.69, 9.17) is 16.6 Å². The van der Waals surface area contributed by atoms with Gasteiger partial charge in [-0.2, -0.15) is 0 Å². The van der Waals surface area contributed by atoms with E-state index in [0.29, 0.717) is 23.9 Å². The number of carbonyl (C=O) groups excluding carboxylic acids is 1. The van der Waals surface area contributed by atoms with Gasteiger partial charge in [0, 0.05) is 51.0 Å². The quantitative estimate of drug-likeness (QED) is 0.789. The van der Waals surface area contributed by atoms with Gasteiger partial charge in [-0.3, -0.25) is 14.7 Å². The largest absolute Gasteiger partial charge is 0.352 e. The number of halogens is 2. The van der Waals surface area contributed by atoms with Crippen LogP contribution in [0, 0.1) is 18.7 Å². The number of aryl methyl sites for hydroxylation is 1. The Kier molecular flexibility index (Phi) is 5.40. The van der Waals surface area contributed by atoms with Crippen LogP contribution in [0.15, 0.2) is 29.4 Å². The van der Waals surface area contributed by atoms with Crippen molar-refractivity contribution >= 4 is 34.7 Å². The fraction of sp³-hybridized carbons (Fsp3) is 0.435. The van der Waals surface area contributed by atoms with Gasteiger partial charge in [-0.25, -0.2) is 9.37 Å². The highest BCUT2D eigenvalue weighted by molar-refractivity contribution is 6.30. The van der Waals surface area contributed by atoms with Crippen molar-refractivity contribution in [3.63, 3.8) is 0 Å². The maximum atomic E-state index is 14.2. The molecule has 1 unspecified atom stereocenters. The van der Waals surface area contributed by atoms with Crippen LogP contribution >= 0.6 is 11.6 Å². The summed E-state index contributed by atoms with van der Waals surface area (Å²) in [5.41, 5.74) is 5.25. The Morgan fingerprint density at radius 1 is 1.23 bits per heavy atom. The van der Waals surface area contributed by atoms with E-state index < -0.39 is 0 Å². The third-order valence-corrected chi connectivity index (χ3v) is 6.56. The van der Waals surface area contributed by atoms with Crippen LogP contribution in [0.5, 0.6) is 0 Å². The summed E-state index contributed by atoms with van der Waals surface area (Å²) in [6, 6.07) is 5.60. The molecule has 5 rings (SSSR count). The zero-order valence-electron chi connectivity index (χ0n) is 17.5. The van der Waals surface area contributed by atoms with Crippen molar-refractivity contribution in [2.24, 2.45) is 10.9 Å². The molecule has 6 nitrogen and oxygen atoms in total. The van der Waals surface area contributed by atoms with Gasteiger partial charge in [-0.05, 0) is 43.0 Å². The Hall–Kier alpha value is -2.51. The lowest BCUT2D eigenvalue weighted by atomic mass is 9.83. The van der Waals surface area contributed by atoms with Crippen molar-refractivity contribution in [3.05, 3.63) is 51.9 Å². The lowest BCUT2D eigenvalue weighted by Gasteiger charge is -2.36.